The van der Waals surface area contributed by atoms with Gasteiger partial charge in [0.05, 0.1) is 11.3 Å². The zero-order valence-corrected chi connectivity index (χ0v) is 25.5. The molecule has 1 aliphatic heterocycles. The van der Waals surface area contributed by atoms with E-state index < -0.39 is 11.5 Å². The highest BCUT2D eigenvalue weighted by atomic mass is 16.4. The van der Waals surface area contributed by atoms with Crippen molar-refractivity contribution in [1.82, 2.24) is 9.78 Å². The fraction of sp³-hybridized carbons (Fsp3) is 0.289. The first-order valence-electron chi connectivity index (χ1n) is 15.8. The van der Waals surface area contributed by atoms with Gasteiger partial charge in [0.25, 0.3) is 5.56 Å². The van der Waals surface area contributed by atoms with Crippen LogP contribution < -0.4 is 10.5 Å². The SMILES string of the molecule is CCCCCCCCc1cccc(N2CCCc3cc(/C=C/C=C=Cc4c(C(=O)O)[nH]n(-c5ccccc5)c4=O)ccc32)c1. The predicted molar refractivity (Wildman–Crippen MR) is 180 cm³/mol. The van der Waals surface area contributed by atoms with E-state index in [9.17, 15) is 14.7 Å². The number of anilines is 2. The number of aromatic nitrogens is 2. The number of nitrogens with zero attached hydrogens (tertiary/aromatic N) is 2. The van der Waals surface area contributed by atoms with Gasteiger partial charge in [-0.2, -0.15) is 0 Å². The van der Waals surface area contributed by atoms with E-state index in [1.807, 2.05) is 18.2 Å². The number of unbranched alkanes of at least 4 members (excludes halogenated alkanes) is 5. The molecule has 6 heteroatoms. The second kappa shape index (κ2) is 15.1. The van der Waals surface area contributed by atoms with Gasteiger partial charge in [0.15, 0.2) is 5.69 Å². The molecule has 0 atom stereocenters. The molecule has 0 spiro atoms. The van der Waals surface area contributed by atoms with Crippen LogP contribution in [-0.2, 0) is 12.8 Å². The van der Waals surface area contributed by atoms with Crippen LogP contribution in [0.5, 0.6) is 0 Å². The lowest BCUT2D eigenvalue weighted by atomic mass is 9.97. The van der Waals surface area contributed by atoms with Gasteiger partial charge in [-0.05, 0) is 90.9 Å². The summed E-state index contributed by atoms with van der Waals surface area (Å²) in [5.74, 6) is -1.20. The number of aromatic amines is 1. The molecule has 1 aromatic heterocycles. The van der Waals surface area contributed by atoms with Crippen LogP contribution in [0.2, 0.25) is 0 Å². The van der Waals surface area contributed by atoms with E-state index in [0.717, 1.165) is 31.4 Å². The number of aromatic carboxylic acids is 1. The zero-order chi connectivity index (χ0) is 30.7. The molecule has 0 unspecified atom stereocenters. The van der Waals surface area contributed by atoms with Crippen molar-refractivity contribution in [3.05, 3.63) is 129 Å². The summed E-state index contributed by atoms with van der Waals surface area (Å²) in [5, 5.41) is 12.3. The fourth-order valence-electron chi connectivity index (χ4n) is 5.83. The molecule has 0 amide bonds. The molecule has 0 saturated carbocycles. The Bertz CT molecular complexity index is 1720. The minimum atomic E-state index is -1.20. The van der Waals surface area contributed by atoms with Crippen LogP contribution in [0.15, 0.2) is 95.5 Å². The first kappa shape index (κ1) is 30.7. The Balaban J connectivity index is 1.26. The highest BCUT2D eigenvalue weighted by Gasteiger charge is 2.19. The lowest BCUT2D eigenvalue weighted by molar-refractivity contribution is 0.0689. The van der Waals surface area contributed by atoms with Crippen LogP contribution in [-0.4, -0.2) is 27.4 Å². The summed E-state index contributed by atoms with van der Waals surface area (Å²) in [5.41, 5.74) is 9.33. The van der Waals surface area contributed by atoms with Crippen molar-refractivity contribution >= 4 is 29.5 Å². The highest BCUT2D eigenvalue weighted by Crippen LogP contribution is 2.35. The quantitative estimate of drug-likeness (QED) is 0.0931. The zero-order valence-electron chi connectivity index (χ0n) is 25.5. The lowest BCUT2D eigenvalue weighted by Crippen LogP contribution is -2.24. The van der Waals surface area contributed by atoms with Crippen LogP contribution in [0, 0.1) is 0 Å². The third-order valence-corrected chi connectivity index (χ3v) is 8.13. The van der Waals surface area contributed by atoms with Gasteiger partial charge in [0.2, 0.25) is 0 Å². The van der Waals surface area contributed by atoms with Gasteiger partial charge >= 0.3 is 5.97 Å². The lowest BCUT2D eigenvalue weighted by Gasteiger charge is -2.32. The first-order chi connectivity index (χ1) is 21.5. The van der Waals surface area contributed by atoms with Crippen LogP contribution in [0.1, 0.15) is 84.6 Å². The number of carboxylic acids is 1. The number of carbonyl (C=O) groups is 1. The number of H-pyrrole nitrogens is 1. The van der Waals surface area contributed by atoms with E-state index in [0.29, 0.717) is 5.69 Å². The molecule has 0 aliphatic carbocycles. The summed E-state index contributed by atoms with van der Waals surface area (Å²) in [6, 6.07) is 24.5. The Morgan fingerprint density at radius 2 is 1.75 bits per heavy atom. The predicted octanol–water partition coefficient (Wildman–Crippen LogP) is 8.73. The van der Waals surface area contributed by atoms with Gasteiger partial charge in [-0.1, -0.05) is 87.6 Å². The number of benzene rings is 3. The summed E-state index contributed by atoms with van der Waals surface area (Å²) in [7, 11) is 0. The molecule has 1 aliphatic rings. The molecule has 226 valence electrons. The maximum Gasteiger partial charge on any atom is 0.354 e. The normalized spacial score (nSPS) is 12.6. The monoisotopic (exact) mass is 587 g/mol. The molecule has 5 rings (SSSR count). The summed E-state index contributed by atoms with van der Waals surface area (Å²) in [6.07, 6.45) is 18.1. The summed E-state index contributed by atoms with van der Waals surface area (Å²) in [6.45, 7) is 3.27. The molecule has 3 aromatic carbocycles. The van der Waals surface area contributed by atoms with E-state index in [1.165, 1.54) is 71.8 Å². The molecular weight excluding hydrogens is 546 g/mol. The van der Waals surface area contributed by atoms with E-state index in [-0.39, 0.29) is 11.3 Å². The van der Waals surface area contributed by atoms with Crippen molar-refractivity contribution in [2.45, 2.75) is 64.7 Å². The molecular formula is C38H41N3O3. The Morgan fingerprint density at radius 1 is 0.955 bits per heavy atom. The molecule has 0 saturated heterocycles. The van der Waals surface area contributed by atoms with Gasteiger partial charge in [0, 0.05) is 17.9 Å². The standard InChI is InChI=1S/C38H41N3O3/c1-2-3-4-5-6-9-16-29-18-14-22-33(28-29)40-26-15-19-31-27-30(24-25-35(31)40)17-10-7-13-23-34-36(38(43)44)39-41(37(34)42)32-20-11-8-12-21-32/h7-8,10-12,14,17-18,20-25,27-28,39H,2-6,9,15-16,19,26H2,1H3,(H,43,44)/b17-10+. The maximum absolute atomic E-state index is 12.9. The van der Waals surface area contributed by atoms with Crippen molar-refractivity contribution in [3.63, 3.8) is 0 Å². The van der Waals surface area contributed by atoms with Crippen LogP contribution in [0.3, 0.4) is 0 Å². The van der Waals surface area contributed by atoms with Crippen molar-refractivity contribution < 1.29 is 9.90 Å². The number of rotatable bonds is 13. The maximum atomic E-state index is 12.9. The molecule has 6 nitrogen and oxygen atoms in total. The Hall–Kier alpha value is -4.80. The first-order valence-corrected chi connectivity index (χ1v) is 15.8. The third-order valence-electron chi connectivity index (χ3n) is 8.13. The van der Waals surface area contributed by atoms with Crippen molar-refractivity contribution in [2.75, 3.05) is 11.4 Å². The molecule has 0 bridgehead atoms. The number of hydrogen-bond donors (Lipinski definition) is 2. The number of allylic oxidation sites excluding steroid dienone is 2. The highest BCUT2D eigenvalue weighted by molar-refractivity contribution is 5.89. The molecule has 2 N–H and O–H groups in total. The van der Waals surface area contributed by atoms with Crippen molar-refractivity contribution in [3.8, 4) is 5.69 Å². The Kier molecular flexibility index (Phi) is 10.5. The van der Waals surface area contributed by atoms with Crippen molar-refractivity contribution in [1.29, 1.82) is 0 Å². The third kappa shape index (κ3) is 7.58. The number of aryl methyl sites for hydroxylation is 2. The second-order valence-electron chi connectivity index (χ2n) is 11.3. The van der Waals surface area contributed by atoms with Gasteiger partial charge in [-0.15, -0.1) is 5.73 Å². The van der Waals surface area contributed by atoms with Gasteiger partial charge in [0.1, 0.15) is 0 Å². The summed E-state index contributed by atoms with van der Waals surface area (Å²) in [4.78, 5) is 27.1. The van der Waals surface area contributed by atoms with Gasteiger partial charge in [-0.25, -0.2) is 9.48 Å². The molecule has 2 heterocycles. The molecule has 44 heavy (non-hydrogen) atoms. The number of fused-ring (bicyclic) bond motifs is 1. The van der Waals surface area contributed by atoms with E-state index in [1.54, 1.807) is 30.3 Å². The molecule has 0 radical (unpaired) electrons. The topological polar surface area (TPSA) is 78.3 Å². The van der Waals surface area contributed by atoms with E-state index >= 15 is 0 Å². The van der Waals surface area contributed by atoms with Crippen molar-refractivity contribution in [2.24, 2.45) is 0 Å². The average Bonchev–Trinajstić information content (AvgIpc) is 3.38. The molecule has 0 fully saturated rings. The largest absolute Gasteiger partial charge is 0.477 e. The Labute approximate surface area is 259 Å². The minimum absolute atomic E-state index is 0.0518. The van der Waals surface area contributed by atoms with Crippen LogP contribution in [0.4, 0.5) is 11.4 Å². The molecule has 4 aromatic rings. The van der Waals surface area contributed by atoms with Crippen LogP contribution >= 0.6 is 0 Å². The van der Waals surface area contributed by atoms with E-state index in [2.05, 4.69) is 65.1 Å². The number of hydrogen-bond acceptors (Lipinski definition) is 3. The summed E-state index contributed by atoms with van der Waals surface area (Å²) < 4.78 is 1.23. The van der Waals surface area contributed by atoms with Crippen LogP contribution in [0.25, 0.3) is 17.8 Å². The minimum Gasteiger partial charge on any atom is -0.477 e. The van der Waals surface area contributed by atoms with Gasteiger partial charge in [-0.3, -0.25) is 9.89 Å². The number of para-hydroxylation sites is 1. The van der Waals surface area contributed by atoms with E-state index in [4.69, 9.17) is 0 Å². The van der Waals surface area contributed by atoms with Gasteiger partial charge < -0.3 is 10.0 Å². The smallest absolute Gasteiger partial charge is 0.354 e. The summed E-state index contributed by atoms with van der Waals surface area (Å²) >= 11 is 0. The average molecular weight is 588 g/mol. The Morgan fingerprint density at radius 3 is 2.57 bits per heavy atom. The fourth-order valence-corrected chi connectivity index (χ4v) is 5.83. The number of carboxylic acid groups (broad SMARTS) is 1. The second-order valence-corrected chi connectivity index (χ2v) is 11.3. The number of nitrogens with one attached hydrogen (secondary N) is 1.